The zero-order valence-electron chi connectivity index (χ0n) is 23.4. The molecule has 0 bridgehead atoms. The summed E-state index contributed by atoms with van der Waals surface area (Å²) >= 11 is 0. The fraction of sp³-hybridized carbons (Fsp3) is 0.793. The Morgan fingerprint density at radius 2 is 1.59 bits per heavy atom. The number of carbonyl (C=O) groups is 6. The zero-order valence-corrected chi connectivity index (χ0v) is 23.4. The molecular formula is C29H38O10. The van der Waals surface area contributed by atoms with Crippen molar-refractivity contribution in [3.05, 3.63) is 0 Å². The number of carbonyl (C=O) groups excluding carboxylic acids is 6. The van der Waals surface area contributed by atoms with E-state index in [1.807, 2.05) is 20.8 Å². The van der Waals surface area contributed by atoms with Gasteiger partial charge in [0.05, 0.1) is 12.3 Å². The van der Waals surface area contributed by atoms with Crippen LogP contribution in [0.2, 0.25) is 0 Å². The first-order valence-electron chi connectivity index (χ1n) is 13.9. The van der Waals surface area contributed by atoms with Crippen molar-refractivity contribution in [3.63, 3.8) is 0 Å². The number of ether oxygens (including phenoxy) is 4. The van der Waals surface area contributed by atoms with Crippen LogP contribution in [-0.2, 0) is 47.7 Å². The van der Waals surface area contributed by atoms with E-state index >= 15 is 0 Å². The molecule has 10 nitrogen and oxygen atoms in total. The molecule has 214 valence electrons. The van der Waals surface area contributed by atoms with E-state index in [1.165, 1.54) is 13.8 Å². The molecule has 0 spiro atoms. The number of rotatable bonds is 4. The monoisotopic (exact) mass is 546 g/mol. The Balaban J connectivity index is 1.67. The fourth-order valence-corrected chi connectivity index (χ4v) is 9.55. The highest BCUT2D eigenvalue weighted by Crippen LogP contribution is 2.71. The Hall–Kier alpha value is -2.78. The third kappa shape index (κ3) is 3.95. The SMILES string of the molecule is CC(=O)O[C@H]1C[C@@H](C)[C@@H]2C[C@H]3OC(=O)C[C@@H]4[C@@]3(C)[C@H]([C@H](OC(C)=O)C[C@@]4(C)C(=O)[C@H]3COC(=O)C3)[C@@]2(C)C1=O. The van der Waals surface area contributed by atoms with Gasteiger partial charge in [-0.1, -0.05) is 27.7 Å². The zero-order chi connectivity index (χ0) is 28.7. The second-order valence-electron chi connectivity index (χ2n) is 13.1. The first-order valence-corrected chi connectivity index (χ1v) is 13.9. The Bertz CT molecular complexity index is 1140. The maximum atomic E-state index is 14.3. The third-order valence-electron chi connectivity index (χ3n) is 10.9. The van der Waals surface area contributed by atoms with Gasteiger partial charge in [-0.25, -0.2) is 0 Å². The van der Waals surface area contributed by atoms with Gasteiger partial charge in [-0.2, -0.15) is 0 Å². The normalized spacial score (nSPS) is 46.8. The highest BCUT2D eigenvalue weighted by Gasteiger charge is 2.76. The number of fused-ring (bicyclic) bond motifs is 2. The van der Waals surface area contributed by atoms with Gasteiger partial charge in [-0.3, -0.25) is 28.8 Å². The van der Waals surface area contributed by atoms with Crippen LogP contribution in [-0.4, -0.2) is 60.4 Å². The van der Waals surface area contributed by atoms with E-state index in [4.69, 9.17) is 18.9 Å². The molecule has 0 aromatic heterocycles. The molecule has 3 aliphatic carbocycles. The van der Waals surface area contributed by atoms with E-state index in [-0.39, 0.29) is 49.3 Å². The summed E-state index contributed by atoms with van der Waals surface area (Å²) in [4.78, 5) is 77.7. The number of hydrogen-bond donors (Lipinski definition) is 0. The predicted molar refractivity (Wildman–Crippen MR) is 132 cm³/mol. The molecule has 5 fully saturated rings. The molecule has 2 saturated heterocycles. The summed E-state index contributed by atoms with van der Waals surface area (Å²) in [6.45, 7) is 10.2. The lowest BCUT2D eigenvalue weighted by molar-refractivity contribution is -0.277. The average Bonchev–Trinajstić information content (AvgIpc) is 3.26. The van der Waals surface area contributed by atoms with Crippen LogP contribution in [0.15, 0.2) is 0 Å². The number of esters is 4. The van der Waals surface area contributed by atoms with Gasteiger partial charge in [-0.15, -0.1) is 0 Å². The van der Waals surface area contributed by atoms with Crippen molar-refractivity contribution in [2.24, 2.45) is 45.8 Å². The summed E-state index contributed by atoms with van der Waals surface area (Å²) in [7, 11) is 0. The summed E-state index contributed by atoms with van der Waals surface area (Å²) in [5, 5.41) is 0. The Kier molecular flexibility index (Phi) is 6.50. The van der Waals surface area contributed by atoms with Gasteiger partial charge < -0.3 is 18.9 Å². The van der Waals surface area contributed by atoms with Gasteiger partial charge >= 0.3 is 23.9 Å². The lowest BCUT2D eigenvalue weighted by Gasteiger charge is -2.70. The minimum atomic E-state index is -1.14. The summed E-state index contributed by atoms with van der Waals surface area (Å²) in [6.07, 6.45) is -1.56. The minimum absolute atomic E-state index is 0.0217. The molecule has 0 aromatic rings. The maximum absolute atomic E-state index is 14.3. The molecule has 0 unspecified atom stereocenters. The molecule has 5 aliphatic rings. The second-order valence-corrected chi connectivity index (χ2v) is 13.1. The van der Waals surface area contributed by atoms with Crippen molar-refractivity contribution in [2.75, 3.05) is 6.61 Å². The molecule has 39 heavy (non-hydrogen) atoms. The predicted octanol–water partition coefficient (Wildman–Crippen LogP) is 2.58. The van der Waals surface area contributed by atoms with Gasteiger partial charge in [0.25, 0.3) is 0 Å². The molecule has 0 radical (unpaired) electrons. The van der Waals surface area contributed by atoms with Crippen LogP contribution in [0.4, 0.5) is 0 Å². The molecule has 0 aromatic carbocycles. The largest absolute Gasteiger partial charge is 0.465 e. The van der Waals surface area contributed by atoms with Crippen molar-refractivity contribution in [3.8, 4) is 0 Å². The Labute approximate surface area is 227 Å². The van der Waals surface area contributed by atoms with Gasteiger partial charge in [-0.05, 0) is 37.0 Å². The van der Waals surface area contributed by atoms with E-state index in [2.05, 4.69) is 0 Å². The van der Waals surface area contributed by atoms with Crippen LogP contribution in [0.3, 0.4) is 0 Å². The molecule has 2 aliphatic heterocycles. The van der Waals surface area contributed by atoms with E-state index in [1.54, 1.807) is 6.92 Å². The van der Waals surface area contributed by atoms with Gasteiger partial charge in [0, 0.05) is 42.4 Å². The molecular weight excluding hydrogens is 508 g/mol. The smallest absolute Gasteiger partial charge is 0.306 e. The highest BCUT2D eigenvalue weighted by atomic mass is 16.6. The van der Waals surface area contributed by atoms with Crippen molar-refractivity contribution in [2.45, 2.75) is 92.0 Å². The van der Waals surface area contributed by atoms with Crippen LogP contribution in [0.25, 0.3) is 0 Å². The molecule has 5 rings (SSSR count). The van der Waals surface area contributed by atoms with Crippen molar-refractivity contribution >= 4 is 35.4 Å². The van der Waals surface area contributed by atoms with E-state index in [0.29, 0.717) is 12.8 Å². The van der Waals surface area contributed by atoms with Crippen molar-refractivity contribution in [1.82, 2.24) is 0 Å². The number of Topliss-reactive ketones (excluding diaryl/α,β-unsaturated/α-hetero) is 2. The lowest BCUT2D eigenvalue weighted by Crippen LogP contribution is -2.75. The molecule has 0 N–H and O–H groups in total. The maximum Gasteiger partial charge on any atom is 0.306 e. The van der Waals surface area contributed by atoms with Crippen LogP contribution in [0.5, 0.6) is 0 Å². The number of hydrogen-bond acceptors (Lipinski definition) is 10. The lowest BCUT2D eigenvalue weighted by atomic mass is 9.35. The van der Waals surface area contributed by atoms with Crippen LogP contribution in [0.1, 0.15) is 73.6 Å². The van der Waals surface area contributed by atoms with Crippen molar-refractivity contribution in [1.29, 1.82) is 0 Å². The number of ketones is 2. The summed E-state index contributed by atoms with van der Waals surface area (Å²) in [6, 6.07) is 0. The molecule has 2 heterocycles. The van der Waals surface area contributed by atoms with Gasteiger partial charge in [0.1, 0.15) is 24.6 Å². The van der Waals surface area contributed by atoms with Crippen LogP contribution >= 0.6 is 0 Å². The second kappa shape index (κ2) is 9.13. The van der Waals surface area contributed by atoms with E-state index in [0.717, 1.165) is 0 Å². The van der Waals surface area contributed by atoms with E-state index in [9.17, 15) is 28.8 Å². The third-order valence-corrected chi connectivity index (χ3v) is 10.9. The average molecular weight is 547 g/mol. The minimum Gasteiger partial charge on any atom is -0.465 e. The Morgan fingerprint density at radius 1 is 0.923 bits per heavy atom. The van der Waals surface area contributed by atoms with Crippen LogP contribution in [0, 0.1) is 45.8 Å². The summed E-state index contributed by atoms with van der Waals surface area (Å²) < 4.78 is 22.6. The van der Waals surface area contributed by atoms with Crippen molar-refractivity contribution < 1.29 is 47.7 Å². The molecule has 0 amide bonds. The standard InChI is InChI=1S/C29H38O10/c1-13-7-18(37-14(2)30)26(35)28(5)17(13)9-21-29(6)20(10-23(33)39-21)27(4,11-19(24(28)29)38-15(3)31)25(34)16-8-22(32)36-12-16/h13,16-21,24H,7-12H2,1-6H3/t13-,16-,17+,18+,19-,20+,21-,24-,27-,28+,29-/m1/s1. The van der Waals surface area contributed by atoms with Crippen LogP contribution < -0.4 is 0 Å². The first kappa shape index (κ1) is 27.8. The molecule has 10 heteroatoms. The summed E-state index contributed by atoms with van der Waals surface area (Å²) in [5.41, 5.74) is -3.11. The quantitative estimate of drug-likeness (QED) is 0.382. The molecule has 11 atom stereocenters. The Morgan fingerprint density at radius 3 is 2.18 bits per heavy atom. The van der Waals surface area contributed by atoms with Gasteiger partial charge in [0.15, 0.2) is 11.9 Å². The first-order chi connectivity index (χ1) is 18.1. The van der Waals surface area contributed by atoms with Gasteiger partial charge in [0.2, 0.25) is 0 Å². The summed E-state index contributed by atoms with van der Waals surface area (Å²) in [5.74, 6) is -4.38. The fourth-order valence-electron chi connectivity index (χ4n) is 9.55. The highest BCUT2D eigenvalue weighted by molar-refractivity contribution is 5.94. The van der Waals surface area contributed by atoms with E-state index < -0.39 is 76.2 Å². The molecule has 3 saturated carbocycles. The topological polar surface area (TPSA) is 139 Å². The number of cyclic esters (lactones) is 1.